The summed E-state index contributed by atoms with van der Waals surface area (Å²) in [4.78, 5) is 0.282. The van der Waals surface area contributed by atoms with Crippen molar-refractivity contribution in [3.63, 3.8) is 0 Å². The van der Waals surface area contributed by atoms with Crippen molar-refractivity contribution in [1.82, 2.24) is 0 Å². The van der Waals surface area contributed by atoms with Gasteiger partial charge in [-0.05, 0) is 54.4 Å². The van der Waals surface area contributed by atoms with Crippen LogP contribution in [0.3, 0.4) is 0 Å². The van der Waals surface area contributed by atoms with Gasteiger partial charge >= 0.3 is 0 Å². The molecule has 0 saturated heterocycles. The van der Waals surface area contributed by atoms with E-state index in [0.29, 0.717) is 16.6 Å². The first-order chi connectivity index (χ1) is 10.4. The molecule has 1 aliphatic carbocycles. The summed E-state index contributed by atoms with van der Waals surface area (Å²) in [6.45, 7) is 0.328. The van der Waals surface area contributed by atoms with E-state index in [1.165, 1.54) is 0 Å². The van der Waals surface area contributed by atoms with Gasteiger partial charge in [0.15, 0.2) is 9.84 Å². The van der Waals surface area contributed by atoms with E-state index in [4.69, 9.17) is 28.9 Å². The third kappa shape index (κ3) is 2.76. The first-order valence-corrected chi connectivity index (χ1v) is 9.20. The second-order valence-electron chi connectivity index (χ2n) is 5.44. The van der Waals surface area contributed by atoms with Gasteiger partial charge in [-0.1, -0.05) is 35.3 Å². The predicted octanol–water partition coefficient (Wildman–Crippen LogP) is 3.51. The zero-order chi connectivity index (χ0) is 15.9. The van der Waals surface area contributed by atoms with Gasteiger partial charge < -0.3 is 5.73 Å². The van der Waals surface area contributed by atoms with Crippen LogP contribution in [0.1, 0.15) is 11.5 Å². The maximum atomic E-state index is 12.8. The quantitative estimate of drug-likeness (QED) is 0.912. The van der Waals surface area contributed by atoms with Crippen LogP contribution in [0.15, 0.2) is 53.4 Å². The van der Waals surface area contributed by atoms with E-state index in [9.17, 15) is 8.42 Å². The number of hydrogen-bond acceptors (Lipinski definition) is 3. The molecule has 3 rings (SSSR count). The topological polar surface area (TPSA) is 60.2 Å². The number of benzene rings is 2. The summed E-state index contributed by atoms with van der Waals surface area (Å²) in [6.07, 6.45) is 0. The van der Waals surface area contributed by atoms with E-state index < -0.39 is 15.1 Å². The summed E-state index contributed by atoms with van der Waals surface area (Å²) in [5.74, 6) is -0.191. The third-order valence-corrected chi connectivity index (χ3v) is 6.88. The van der Waals surface area contributed by atoms with Crippen LogP contribution in [0.2, 0.25) is 10.0 Å². The second kappa shape index (κ2) is 5.85. The van der Waals surface area contributed by atoms with Gasteiger partial charge in [-0.15, -0.1) is 0 Å². The van der Waals surface area contributed by atoms with Crippen molar-refractivity contribution in [2.75, 3.05) is 6.54 Å². The van der Waals surface area contributed by atoms with Crippen LogP contribution in [0.4, 0.5) is 0 Å². The summed E-state index contributed by atoms with van der Waals surface area (Å²) in [6, 6.07) is 13.6. The fourth-order valence-corrected chi connectivity index (χ4v) is 5.53. The van der Waals surface area contributed by atoms with Crippen LogP contribution in [-0.4, -0.2) is 20.2 Å². The van der Waals surface area contributed by atoms with Gasteiger partial charge in [-0.3, -0.25) is 0 Å². The molecule has 1 saturated carbocycles. The lowest BCUT2D eigenvalue weighted by Gasteiger charge is -2.05. The number of nitrogens with two attached hydrogens (primary N) is 1. The number of rotatable bonds is 4. The van der Waals surface area contributed by atoms with Gasteiger partial charge in [0, 0.05) is 16.0 Å². The minimum Gasteiger partial charge on any atom is -0.330 e. The maximum absolute atomic E-state index is 12.8. The standard InChI is InChI=1S/C16H15Cl2NO2S/c17-11-4-6-13(7-5-11)22(20,21)16-14(9-19)15(16)10-2-1-3-12(18)8-10/h1-8,14-16H,9,19H2/t14-,15+,16+/m0/s1. The highest BCUT2D eigenvalue weighted by molar-refractivity contribution is 7.92. The first kappa shape index (κ1) is 15.8. The van der Waals surface area contributed by atoms with Gasteiger partial charge in [0.25, 0.3) is 0 Å². The average Bonchev–Trinajstić information content (AvgIpc) is 3.23. The van der Waals surface area contributed by atoms with Crippen molar-refractivity contribution < 1.29 is 8.42 Å². The fraction of sp³-hybridized carbons (Fsp3) is 0.250. The Bertz CT molecular complexity index is 790. The zero-order valence-electron chi connectivity index (χ0n) is 11.6. The van der Waals surface area contributed by atoms with E-state index in [2.05, 4.69) is 0 Å². The predicted molar refractivity (Wildman–Crippen MR) is 89.2 cm³/mol. The monoisotopic (exact) mass is 355 g/mol. The highest BCUT2D eigenvalue weighted by Crippen LogP contribution is 2.53. The molecule has 1 fully saturated rings. The molecule has 6 heteroatoms. The van der Waals surface area contributed by atoms with Crippen LogP contribution >= 0.6 is 23.2 Å². The van der Waals surface area contributed by atoms with Crippen molar-refractivity contribution >= 4 is 33.0 Å². The normalized spacial score (nSPS) is 24.2. The molecule has 3 atom stereocenters. The molecule has 0 aliphatic heterocycles. The molecule has 1 aliphatic rings. The van der Waals surface area contributed by atoms with E-state index in [1.807, 2.05) is 18.2 Å². The van der Waals surface area contributed by atoms with Crippen LogP contribution in [0, 0.1) is 5.92 Å². The second-order valence-corrected chi connectivity index (χ2v) is 8.42. The lowest BCUT2D eigenvalue weighted by atomic mass is 10.1. The molecular formula is C16H15Cl2NO2S. The highest BCUT2D eigenvalue weighted by Gasteiger charge is 2.58. The summed E-state index contributed by atoms with van der Waals surface area (Å²) in [5.41, 5.74) is 6.69. The lowest BCUT2D eigenvalue weighted by Crippen LogP contribution is -2.13. The van der Waals surface area contributed by atoms with Crippen molar-refractivity contribution in [2.45, 2.75) is 16.1 Å². The summed E-state index contributed by atoms with van der Waals surface area (Å²) >= 11 is 11.8. The molecule has 3 nitrogen and oxygen atoms in total. The van der Waals surface area contributed by atoms with E-state index in [-0.39, 0.29) is 16.7 Å². The van der Waals surface area contributed by atoms with Crippen molar-refractivity contribution in [3.8, 4) is 0 Å². The lowest BCUT2D eigenvalue weighted by molar-refractivity contribution is 0.591. The van der Waals surface area contributed by atoms with E-state index in [0.717, 1.165) is 5.56 Å². The van der Waals surface area contributed by atoms with Crippen LogP contribution < -0.4 is 5.73 Å². The SMILES string of the molecule is NC[C@H]1[C@@H](c2cccc(Cl)c2)[C@@H]1S(=O)(=O)c1ccc(Cl)cc1. The Morgan fingerprint density at radius 2 is 1.68 bits per heavy atom. The van der Waals surface area contributed by atoms with E-state index in [1.54, 1.807) is 30.3 Å². The molecule has 0 spiro atoms. The van der Waals surface area contributed by atoms with Crippen molar-refractivity contribution in [3.05, 3.63) is 64.1 Å². The van der Waals surface area contributed by atoms with Gasteiger partial charge in [-0.25, -0.2) is 8.42 Å². The first-order valence-electron chi connectivity index (χ1n) is 6.90. The fourth-order valence-electron chi connectivity index (χ4n) is 2.98. The van der Waals surface area contributed by atoms with Crippen molar-refractivity contribution in [2.24, 2.45) is 11.7 Å². The Kier molecular flexibility index (Phi) is 4.21. The molecule has 0 amide bonds. The van der Waals surface area contributed by atoms with Crippen LogP contribution in [0.5, 0.6) is 0 Å². The Labute approximate surface area is 140 Å². The van der Waals surface area contributed by atoms with Crippen molar-refractivity contribution in [1.29, 1.82) is 0 Å². The molecule has 2 N–H and O–H groups in total. The maximum Gasteiger partial charge on any atom is 0.182 e. The number of sulfone groups is 1. The van der Waals surface area contributed by atoms with Crippen LogP contribution in [0.25, 0.3) is 0 Å². The molecule has 22 heavy (non-hydrogen) atoms. The van der Waals surface area contributed by atoms with Gasteiger partial charge in [0.1, 0.15) is 0 Å². The number of hydrogen-bond donors (Lipinski definition) is 1. The number of halogens is 2. The zero-order valence-corrected chi connectivity index (χ0v) is 13.9. The van der Waals surface area contributed by atoms with Gasteiger partial charge in [0.05, 0.1) is 10.1 Å². The molecule has 2 aromatic carbocycles. The third-order valence-electron chi connectivity index (χ3n) is 4.10. The smallest absolute Gasteiger partial charge is 0.182 e. The molecule has 0 heterocycles. The van der Waals surface area contributed by atoms with E-state index >= 15 is 0 Å². The molecule has 116 valence electrons. The Morgan fingerprint density at radius 1 is 1.00 bits per heavy atom. The molecule has 0 unspecified atom stereocenters. The average molecular weight is 356 g/mol. The van der Waals surface area contributed by atoms with Crippen LogP contribution in [-0.2, 0) is 9.84 Å². The highest BCUT2D eigenvalue weighted by atomic mass is 35.5. The summed E-state index contributed by atoms with van der Waals surface area (Å²) in [5, 5.41) is 0.608. The largest absolute Gasteiger partial charge is 0.330 e. The molecule has 0 aromatic heterocycles. The summed E-state index contributed by atoms with van der Waals surface area (Å²) < 4.78 is 25.6. The molecular weight excluding hydrogens is 341 g/mol. The van der Waals surface area contributed by atoms with Gasteiger partial charge in [-0.2, -0.15) is 0 Å². The van der Waals surface area contributed by atoms with Gasteiger partial charge in [0.2, 0.25) is 0 Å². The Hall–Kier alpha value is -1.07. The molecule has 2 aromatic rings. The minimum absolute atomic E-state index is 0.0841. The minimum atomic E-state index is -3.44. The Morgan fingerprint density at radius 3 is 2.27 bits per heavy atom. The molecule has 0 radical (unpaired) electrons. The molecule has 0 bridgehead atoms. The summed E-state index contributed by atoms with van der Waals surface area (Å²) in [7, 11) is -3.44. The Balaban J connectivity index is 1.95.